The molecule has 1 atom stereocenters. The van der Waals surface area contributed by atoms with Crippen LogP contribution in [0.1, 0.15) is 69.2 Å². The van der Waals surface area contributed by atoms with Gasteiger partial charge in [-0.15, -0.1) is 0 Å². The van der Waals surface area contributed by atoms with Crippen LogP contribution in [0.2, 0.25) is 0 Å². The lowest BCUT2D eigenvalue weighted by atomic mass is 9.84. The molecule has 1 aliphatic rings. The van der Waals surface area contributed by atoms with E-state index in [0.29, 0.717) is 0 Å². The van der Waals surface area contributed by atoms with E-state index in [9.17, 15) is 0 Å². The van der Waals surface area contributed by atoms with Gasteiger partial charge in [-0.25, -0.2) is 9.97 Å². The quantitative estimate of drug-likeness (QED) is 0.604. The molecule has 0 fully saturated rings. The first-order chi connectivity index (χ1) is 11.8. The first kappa shape index (κ1) is 17.1. The van der Waals surface area contributed by atoms with Crippen LogP contribution < -0.4 is 0 Å². The summed E-state index contributed by atoms with van der Waals surface area (Å²) in [4.78, 5) is 9.52. The maximum Gasteiger partial charge on any atom is 0.159 e. The number of aryl methyl sites for hydroxylation is 2. The lowest BCUT2D eigenvalue weighted by molar-refractivity contribution is 0.401. The van der Waals surface area contributed by atoms with Crippen LogP contribution in [0.4, 0.5) is 0 Å². The van der Waals surface area contributed by atoms with Gasteiger partial charge in [-0.3, -0.25) is 0 Å². The zero-order valence-electron chi connectivity index (χ0n) is 15.2. The third-order valence-electron chi connectivity index (χ3n) is 5.34. The molecule has 0 saturated heterocycles. The van der Waals surface area contributed by atoms with Crippen molar-refractivity contribution in [1.82, 2.24) is 9.97 Å². The number of hydrogen-bond acceptors (Lipinski definition) is 2. The number of fused-ring (bicyclic) bond motifs is 1. The SMILES string of the molecule is CCCCCCC1CCc2nc(-c3ccc(CC)cc3)ncc2C1. The Morgan fingerprint density at radius 3 is 2.62 bits per heavy atom. The van der Waals surface area contributed by atoms with Gasteiger partial charge in [0.15, 0.2) is 5.82 Å². The molecule has 1 aliphatic carbocycles. The summed E-state index contributed by atoms with van der Waals surface area (Å²) in [5, 5.41) is 0. The topological polar surface area (TPSA) is 25.8 Å². The van der Waals surface area contributed by atoms with E-state index in [1.54, 1.807) is 0 Å². The number of aromatic nitrogens is 2. The molecule has 0 aliphatic heterocycles. The molecule has 1 unspecified atom stereocenters. The van der Waals surface area contributed by atoms with Crippen molar-refractivity contribution in [3.8, 4) is 11.4 Å². The van der Waals surface area contributed by atoms with Gasteiger partial charge in [0.05, 0.1) is 0 Å². The van der Waals surface area contributed by atoms with Crippen molar-refractivity contribution in [1.29, 1.82) is 0 Å². The average molecular weight is 322 g/mol. The fraction of sp³-hybridized carbons (Fsp3) is 0.545. The Balaban J connectivity index is 1.65. The molecule has 1 aromatic heterocycles. The molecule has 0 N–H and O–H groups in total. The molecule has 0 bridgehead atoms. The van der Waals surface area contributed by atoms with Crippen molar-refractivity contribution in [2.75, 3.05) is 0 Å². The number of nitrogens with zero attached hydrogens (tertiary/aromatic N) is 2. The molecule has 1 heterocycles. The van der Waals surface area contributed by atoms with Gasteiger partial charge in [-0.05, 0) is 42.7 Å². The standard InChI is InChI=1S/C22H30N2/c1-3-5-6-7-8-18-11-14-21-20(15-18)16-23-22(24-21)19-12-9-17(4-2)10-13-19/h9-10,12-13,16,18H,3-8,11,14-15H2,1-2H3. The molecule has 0 saturated carbocycles. The van der Waals surface area contributed by atoms with Crippen molar-refractivity contribution < 1.29 is 0 Å². The fourth-order valence-electron chi connectivity index (χ4n) is 3.72. The zero-order chi connectivity index (χ0) is 16.8. The number of hydrogen-bond donors (Lipinski definition) is 0. The number of unbranched alkanes of at least 4 members (excludes halogenated alkanes) is 3. The summed E-state index contributed by atoms with van der Waals surface area (Å²) in [6, 6.07) is 8.68. The van der Waals surface area contributed by atoms with E-state index in [0.717, 1.165) is 30.1 Å². The zero-order valence-corrected chi connectivity index (χ0v) is 15.2. The minimum atomic E-state index is 0.840. The van der Waals surface area contributed by atoms with Crippen LogP contribution in [0.25, 0.3) is 11.4 Å². The van der Waals surface area contributed by atoms with Crippen molar-refractivity contribution in [2.45, 2.75) is 71.6 Å². The lowest BCUT2D eigenvalue weighted by Gasteiger charge is -2.24. The smallest absolute Gasteiger partial charge is 0.159 e. The second-order valence-electron chi connectivity index (χ2n) is 7.17. The summed E-state index contributed by atoms with van der Waals surface area (Å²) in [6.07, 6.45) is 13.6. The Labute approximate surface area is 146 Å². The Morgan fingerprint density at radius 1 is 1.04 bits per heavy atom. The number of rotatable bonds is 7. The Bertz CT molecular complexity index is 646. The minimum absolute atomic E-state index is 0.840. The predicted octanol–water partition coefficient (Wildman–Crippen LogP) is 5.78. The predicted molar refractivity (Wildman–Crippen MR) is 101 cm³/mol. The maximum atomic E-state index is 4.87. The summed E-state index contributed by atoms with van der Waals surface area (Å²) in [6.45, 7) is 4.46. The average Bonchev–Trinajstić information content (AvgIpc) is 2.65. The highest BCUT2D eigenvalue weighted by Gasteiger charge is 2.20. The van der Waals surface area contributed by atoms with Crippen molar-refractivity contribution in [2.24, 2.45) is 5.92 Å². The van der Waals surface area contributed by atoms with Gasteiger partial charge in [-0.1, -0.05) is 70.2 Å². The molecule has 3 rings (SSSR count). The summed E-state index contributed by atoms with van der Waals surface area (Å²) in [5.74, 6) is 1.73. The van der Waals surface area contributed by atoms with Crippen molar-refractivity contribution in [3.63, 3.8) is 0 Å². The van der Waals surface area contributed by atoms with Gasteiger partial charge < -0.3 is 0 Å². The van der Waals surface area contributed by atoms with Crippen LogP contribution in [-0.2, 0) is 19.3 Å². The Hall–Kier alpha value is -1.70. The van der Waals surface area contributed by atoms with Gasteiger partial charge in [-0.2, -0.15) is 0 Å². The third kappa shape index (κ3) is 4.23. The van der Waals surface area contributed by atoms with Crippen LogP contribution in [0.15, 0.2) is 30.5 Å². The molecular weight excluding hydrogens is 292 g/mol. The molecule has 0 amide bonds. The van der Waals surface area contributed by atoms with Gasteiger partial charge in [0, 0.05) is 17.5 Å². The van der Waals surface area contributed by atoms with Crippen molar-refractivity contribution in [3.05, 3.63) is 47.3 Å². The monoisotopic (exact) mass is 322 g/mol. The minimum Gasteiger partial charge on any atom is -0.236 e. The van der Waals surface area contributed by atoms with E-state index in [2.05, 4.69) is 49.3 Å². The van der Waals surface area contributed by atoms with Crippen LogP contribution in [0.3, 0.4) is 0 Å². The highest BCUT2D eigenvalue weighted by Crippen LogP contribution is 2.29. The Morgan fingerprint density at radius 2 is 1.88 bits per heavy atom. The van der Waals surface area contributed by atoms with Gasteiger partial charge in [0.1, 0.15) is 0 Å². The van der Waals surface area contributed by atoms with Crippen LogP contribution in [-0.4, -0.2) is 9.97 Å². The molecular formula is C22H30N2. The summed E-state index contributed by atoms with van der Waals surface area (Å²) in [7, 11) is 0. The van der Waals surface area contributed by atoms with Crippen LogP contribution in [0.5, 0.6) is 0 Å². The molecule has 1 aromatic carbocycles. The molecule has 2 nitrogen and oxygen atoms in total. The van der Waals surface area contributed by atoms with E-state index >= 15 is 0 Å². The lowest BCUT2D eigenvalue weighted by Crippen LogP contribution is -2.16. The molecule has 128 valence electrons. The summed E-state index contributed by atoms with van der Waals surface area (Å²) in [5.41, 5.74) is 5.17. The maximum absolute atomic E-state index is 4.87. The highest BCUT2D eigenvalue weighted by atomic mass is 14.9. The van der Waals surface area contributed by atoms with E-state index in [1.807, 2.05) is 0 Å². The largest absolute Gasteiger partial charge is 0.236 e. The van der Waals surface area contributed by atoms with E-state index in [4.69, 9.17) is 4.98 Å². The molecule has 2 heteroatoms. The normalized spacial score (nSPS) is 16.8. The third-order valence-corrected chi connectivity index (χ3v) is 5.34. The van der Waals surface area contributed by atoms with Gasteiger partial charge in [0.2, 0.25) is 0 Å². The highest BCUT2D eigenvalue weighted by molar-refractivity contribution is 5.55. The molecule has 0 radical (unpaired) electrons. The van der Waals surface area contributed by atoms with Crippen LogP contribution in [0, 0.1) is 5.92 Å². The van der Waals surface area contributed by atoms with E-state index in [-0.39, 0.29) is 0 Å². The Kier molecular flexibility index (Phi) is 6.01. The summed E-state index contributed by atoms with van der Waals surface area (Å²) >= 11 is 0. The first-order valence-corrected chi connectivity index (χ1v) is 9.74. The van der Waals surface area contributed by atoms with E-state index < -0.39 is 0 Å². The first-order valence-electron chi connectivity index (χ1n) is 9.74. The van der Waals surface area contributed by atoms with Crippen LogP contribution >= 0.6 is 0 Å². The number of benzene rings is 1. The molecule has 2 aromatic rings. The van der Waals surface area contributed by atoms with E-state index in [1.165, 1.54) is 61.8 Å². The fourth-order valence-corrected chi connectivity index (χ4v) is 3.72. The van der Waals surface area contributed by atoms with Crippen molar-refractivity contribution >= 4 is 0 Å². The second kappa shape index (κ2) is 8.41. The molecule has 24 heavy (non-hydrogen) atoms. The van der Waals surface area contributed by atoms with Gasteiger partial charge >= 0.3 is 0 Å². The van der Waals surface area contributed by atoms with Gasteiger partial charge in [0.25, 0.3) is 0 Å². The second-order valence-corrected chi connectivity index (χ2v) is 7.17. The molecule has 0 spiro atoms. The summed E-state index contributed by atoms with van der Waals surface area (Å²) < 4.78 is 0.